The van der Waals surface area contributed by atoms with Crippen LogP contribution in [0.3, 0.4) is 0 Å². The van der Waals surface area contributed by atoms with Crippen molar-refractivity contribution in [3.8, 4) is 0 Å². The van der Waals surface area contributed by atoms with Crippen molar-refractivity contribution >= 4 is 19.7 Å². The molecular formula is C72H130N2O7P+. The highest BCUT2D eigenvalue weighted by molar-refractivity contribution is 7.47. The zero-order valence-electron chi connectivity index (χ0n) is 54.2. The molecule has 0 rings (SSSR count). The average Bonchev–Trinajstić information content (AvgIpc) is 3.44. The first-order chi connectivity index (χ1) is 39.9. The van der Waals surface area contributed by atoms with E-state index in [-0.39, 0.29) is 31.5 Å². The fraction of sp³-hybridized carbons (Fsp3) is 0.750. The van der Waals surface area contributed by atoms with Crippen molar-refractivity contribution < 1.29 is 37.3 Å². The smallest absolute Gasteiger partial charge is 0.456 e. The zero-order valence-corrected chi connectivity index (χ0v) is 55.1. The molecule has 0 spiro atoms. The molecule has 0 radical (unpaired) electrons. The first-order valence-corrected chi connectivity index (χ1v) is 35.6. The van der Waals surface area contributed by atoms with E-state index < -0.39 is 20.0 Å². The minimum absolute atomic E-state index is 0.0326. The third kappa shape index (κ3) is 61.5. The number of hydrogen-bond donors (Lipinski definition) is 2. The zero-order chi connectivity index (χ0) is 60.0. The maximum absolute atomic E-state index is 13.6. The number of nitrogens with one attached hydrogen (secondary N) is 1. The first kappa shape index (κ1) is 78.9. The topological polar surface area (TPSA) is 111 Å². The van der Waals surface area contributed by atoms with E-state index in [1.54, 1.807) is 0 Å². The van der Waals surface area contributed by atoms with Crippen molar-refractivity contribution in [3.05, 3.63) is 97.2 Å². The molecule has 9 nitrogen and oxygen atoms in total. The molecule has 0 saturated heterocycles. The Bertz CT molecular complexity index is 1720. The lowest BCUT2D eigenvalue weighted by Crippen LogP contribution is -2.47. The lowest BCUT2D eigenvalue weighted by Gasteiger charge is -2.27. The third-order valence-corrected chi connectivity index (χ3v) is 15.7. The summed E-state index contributed by atoms with van der Waals surface area (Å²) >= 11 is 0. The maximum atomic E-state index is 13.6. The van der Waals surface area contributed by atoms with E-state index in [0.29, 0.717) is 17.4 Å². The van der Waals surface area contributed by atoms with Crippen LogP contribution in [0.2, 0.25) is 0 Å². The second-order valence-electron chi connectivity index (χ2n) is 24.0. The van der Waals surface area contributed by atoms with E-state index in [2.05, 4.69) is 111 Å². The monoisotopic (exact) mass is 1170 g/mol. The summed E-state index contributed by atoms with van der Waals surface area (Å²) in [6.45, 7) is 6.95. The molecule has 0 aromatic carbocycles. The molecule has 0 aromatic rings. The summed E-state index contributed by atoms with van der Waals surface area (Å²) in [6.07, 6.45) is 82.6. The van der Waals surface area contributed by atoms with E-state index in [1.165, 1.54) is 148 Å². The van der Waals surface area contributed by atoms with Crippen LogP contribution in [0.4, 0.5) is 0 Å². The Morgan fingerprint density at radius 3 is 1.13 bits per heavy atom. The van der Waals surface area contributed by atoms with Crippen LogP contribution < -0.4 is 5.32 Å². The fourth-order valence-corrected chi connectivity index (χ4v) is 10.2. The van der Waals surface area contributed by atoms with E-state index in [1.807, 2.05) is 33.3 Å². The van der Waals surface area contributed by atoms with Crippen LogP contribution in [0.25, 0.3) is 0 Å². The first-order valence-electron chi connectivity index (χ1n) is 34.1. The number of allylic oxidation sites excluding steroid dienone is 15. The summed E-state index contributed by atoms with van der Waals surface area (Å²) in [4.78, 5) is 37.8. The van der Waals surface area contributed by atoms with E-state index in [4.69, 9.17) is 13.8 Å². The molecule has 1 amide bonds. The highest BCUT2D eigenvalue weighted by Gasteiger charge is 2.30. The van der Waals surface area contributed by atoms with Gasteiger partial charge in [0.1, 0.15) is 19.3 Å². The summed E-state index contributed by atoms with van der Waals surface area (Å²) in [7, 11) is 1.48. The van der Waals surface area contributed by atoms with E-state index in [9.17, 15) is 19.0 Å². The van der Waals surface area contributed by atoms with Gasteiger partial charge in [-0.25, -0.2) is 4.57 Å². The number of likely N-dealkylation sites (N-methyl/N-ethyl adjacent to an activating group) is 1. The van der Waals surface area contributed by atoms with Crippen LogP contribution in [0.5, 0.6) is 0 Å². The normalized spacial score (nSPS) is 14.2. The van der Waals surface area contributed by atoms with Gasteiger partial charge in [-0.15, -0.1) is 0 Å². The molecule has 0 fully saturated rings. The number of carbonyl (C=O) groups excluding carboxylic acids is 2. The van der Waals surface area contributed by atoms with E-state index in [0.717, 1.165) is 116 Å². The predicted molar refractivity (Wildman–Crippen MR) is 355 cm³/mol. The standard InChI is InChI=1S/C72H129N2O7P/c1-7-10-13-16-19-22-25-28-30-32-34-35-36-37-38-39-41-42-44-46-49-52-55-58-61-64-71(75)73-69(68-80-82(77,78)79-67-66-74(4,5)6)70(63-60-57-54-51-48-27-24-21-18-15-12-9-3)81-72(76)65-62-59-56-53-50-47-45-43-40-33-31-29-26-23-20-17-14-11-8-2/h19-20,22-23,28-31,34-35,37-38,40,43,60,63,69-70H,7-18,21,24-27,32-33,36,39,41-42,44-59,61-62,64-68H2,1-6H3,(H-,73,75,77,78)/p+1/b22-19-,23-20-,30-28-,31-29-,35-34-,38-37-,43-40-,63-60-. The number of ether oxygens (including phenoxy) is 1. The van der Waals surface area contributed by atoms with Crippen LogP contribution in [-0.2, 0) is 27.9 Å². The molecule has 0 aromatic heterocycles. The van der Waals surface area contributed by atoms with Crippen molar-refractivity contribution in [2.45, 2.75) is 309 Å². The number of phosphoric acid groups is 1. The quantitative estimate of drug-likeness (QED) is 0.0205. The number of rotatable bonds is 61. The Kier molecular flexibility index (Phi) is 58.7. The lowest BCUT2D eigenvalue weighted by molar-refractivity contribution is -0.870. The number of esters is 1. The van der Waals surface area contributed by atoms with Gasteiger partial charge in [0.15, 0.2) is 0 Å². The number of phosphoric ester groups is 1. The number of hydrogen-bond acceptors (Lipinski definition) is 6. The molecule has 474 valence electrons. The van der Waals surface area contributed by atoms with Gasteiger partial charge < -0.3 is 19.4 Å². The van der Waals surface area contributed by atoms with Crippen LogP contribution in [-0.4, -0.2) is 74.3 Å². The van der Waals surface area contributed by atoms with Gasteiger partial charge in [-0.05, 0) is 115 Å². The molecule has 0 heterocycles. The molecular weight excluding hydrogens is 1040 g/mol. The van der Waals surface area contributed by atoms with Crippen molar-refractivity contribution in [1.82, 2.24) is 5.32 Å². The maximum Gasteiger partial charge on any atom is 0.472 e. The molecule has 3 unspecified atom stereocenters. The minimum Gasteiger partial charge on any atom is -0.456 e. The number of quaternary nitrogens is 1. The van der Waals surface area contributed by atoms with Gasteiger partial charge in [-0.2, -0.15) is 0 Å². The second kappa shape index (κ2) is 61.0. The van der Waals surface area contributed by atoms with Gasteiger partial charge in [0.2, 0.25) is 5.91 Å². The van der Waals surface area contributed by atoms with Gasteiger partial charge in [-0.3, -0.25) is 18.6 Å². The summed E-state index contributed by atoms with van der Waals surface area (Å²) in [5, 5.41) is 3.06. The van der Waals surface area contributed by atoms with Crippen LogP contribution in [0, 0.1) is 0 Å². The average molecular weight is 1170 g/mol. The van der Waals surface area contributed by atoms with Gasteiger partial charge in [0.05, 0.1) is 33.8 Å². The van der Waals surface area contributed by atoms with E-state index >= 15 is 0 Å². The molecule has 0 saturated carbocycles. The highest BCUT2D eigenvalue weighted by Crippen LogP contribution is 2.43. The summed E-state index contributed by atoms with van der Waals surface area (Å²) in [5.74, 6) is -0.526. The number of carbonyl (C=O) groups is 2. The molecule has 0 bridgehead atoms. The number of nitrogens with zero attached hydrogens (tertiary/aromatic N) is 1. The predicted octanol–water partition coefficient (Wildman–Crippen LogP) is 21.5. The Balaban J connectivity index is 5.17. The van der Waals surface area contributed by atoms with Gasteiger partial charge >= 0.3 is 13.8 Å². The van der Waals surface area contributed by atoms with Gasteiger partial charge in [0.25, 0.3) is 0 Å². The SMILES string of the molecule is CCCCC/C=C\C/C=C\C/C=C\C/C=C\CCCCCCCCCCCC(=O)NC(COP(=O)(O)OCC[N+](C)(C)C)C(/C=C\CCCCCCCCCCCC)OC(=O)CCCCCCCC/C=C\C/C=C\C/C=C\CCCCC. The largest absolute Gasteiger partial charge is 0.472 e. The van der Waals surface area contributed by atoms with Gasteiger partial charge in [-0.1, -0.05) is 266 Å². The Morgan fingerprint density at radius 2 is 0.744 bits per heavy atom. The van der Waals surface area contributed by atoms with Crippen LogP contribution in [0.15, 0.2) is 97.2 Å². The second-order valence-corrected chi connectivity index (χ2v) is 25.4. The molecule has 0 aliphatic heterocycles. The Labute approximate surface area is 507 Å². The molecule has 10 heteroatoms. The van der Waals surface area contributed by atoms with Crippen molar-refractivity contribution in [3.63, 3.8) is 0 Å². The highest BCUT2D eigenvalue weighted by atomic mass is 31.2. The Hall–Kier alpha value is -3.07. The molecule has 0 aliphatic rings. The number of unbranched alkanes of at least 4 members (excludes halogenated alkanes) is 31. The van der Waals surface area contributed by atoms with Crippen LogP contribution >= 0.6 is 7.82 Å². The summed E-state index contributed by atoms with van der Waals surface area (Å²) < 4.78 is 30.8. The molecule has 2 N–H and O–H groups in total. The van der Waals surface area contributed by atoms with Crippen LogP contribution in [0.1, 0.15) is 297 Å². The third-order valence-electron chi connectivity index (χ3n) is 14.7. The van der Waals surface area contributed by atoms with Crippen molar-refractivity contribution in [2.24, 2.45) is 0 Å². The summed E-state index contributed by atoms with van der Waals surface area (Å²) in [5.41, 5.74) is 0. The Morgan fingerprint density at radius 1 is 0.427 bits per heavy atom. The lowest BCUT2D eigenvalue weighted by atomic mass is 10.0. The van der Waals surface area contributed by atoms with Crippen molar-refractivity contribution in [1.29, 1.82) is 0 Å². The molecule has 3 atom stereocenters. The summed E-state index contributed by atoms with van der Waals surface area (Å²) in [6, 6.07) is -0.863. The molecule has 82 heavy (non-hydrogen) atoms. The fourth-order valence-electron chi connectivity index (χ4n) is 9.46. The minimum atomic E-state index is -4.46. The van der Waals surface area contributed by atoms with Gasteiger partial charge in [0, 0.05) is 12.8 Å². The molecule has 0 aliphatic carbocycles. The number of amides is 1. The van der Waals surface area contributed by atoms with Crippen molar-refractivity contribution in [2.75, 3.05) is 40.9 Å².